The van der Waals surface area contributed by atoms with Crippen molar-refractivity contribution >= 4 is 5.95 Å². The maximum Gasteiger partial charge on any atom is 0.255 e. The minimum Gasteiger partial charge on any atom is -0.350 e. The summed E-state index contributed by atoms with van der Waals surface area (Å²) in [7, 11) is 0. The zero-order chi connectivity index (χ0) is 12.3. The fourth-order valence-electron chi connectivity index (χ4n) is 2.45. The summed E-state index contributed by atoms with van der Waals surface area (Å²) in [4.78, 5) is 4.28. The van der Waals surface area contributed by atoms with E-state index in [1.165, 1.54) is 19.3 Å². The van der Waals surface area contributed by atoms with Gasteiger partial charge in [-0.05, 0) is 19.8 Å². The minimum absolute atomic E-state index is 0.330. The van der Waals surface area contributed by atoms with Crippen LogP contribution in [0.4, 0.5) is 14.7 Å². The molecule has 17 heavy (non-hydrogen) atoms. The van der Waals surface area contributed by atoms with Crippen LogP contribution >= 0.6 is 0 Å². The van der Waals surface area contributed by atoms with Gasteiger partial charge in [0.2, 0.25) is 5.95 Å². The molecule has 0 aliphatic heterocycles. The van der Waals surface area contributed by atoms with Gasteiger partial charge in [-0.15, -0.1) is 0 Å². The summed E-state index contributed by atoms with van der Waals surface area (Å²) in [5.74, 6) is 0.592. The Kier molecular flexibility index (Phi) is 3.97. The fourth-order valence-corrected chi connectivity index (χ4v) is 2.45. The van der Waals surface area contributed by atoms with Crippen molar-refractivity contribution in [3.8, 4) is 0 Å². The van der Waals surface area contributed by atoms with Crippen molar-refractivity contribution in [1.29, 1.82) is 0 Å². The largest absolute Gasteiger partial charge is 0.350 e. The van der Waals surface area contributed by atoms with Gasteiger partial charge in [0.1, 0.15) is 0 Å². The van der Waals surface area contributed by atoms with E-state index in [9.17, 15) is 8.78 Å². The summed E-state index contributed by atoms with van der Waals surface area (Å²) in [5, 5.41) is 2.73. The first-order valence-electron chi connectivity index (χ1n) is 6.24. The summed E-state index contributed by atoms with van der Waals surface area (Å²) in [6.45, 7) is 1.57. The van der Waals surface area contributed by atoms with Crippen molar-refractivity contribution in [3.63, 3.8) is 0 Å². The summed E-state index contributed by atoms with van der Waals surface area (Å²) in [6.07, 6.45) is 5.59. The van der Waals surface area contributed by atoms with E-state index in [1.807, 2.05) is 17.7 Å². The van der Waals surface area contributed by atoms with Gasteiger partial charge >= 0.3 is 0 Å². The smallest absolute Gasteiger partial charge is 0.255 e. The molecule has 1 aromatic rings. The van der Waals surface area contributed by atoms with Crippen molar-refractivity contribution in [2.24, 2.45) is 0 Å². The Hall–Kier alpha value is -1.13. The zero-order valence-corrected chi connectivity index (χ0v) is 10.1. The first-order valence-corrected chi connectivity index (χ1v) is 6.24. The van der Waals surface area contributed by atoms with Crippen molar-refractivity contribution in [2.75, 3.05) is 11.9 Å². The highest BCUT2D eigenvalue weighted by molar-refractivity contribution is 5.29. The summed E-state index contributed by atoms with van der Waals surface area (Å²) < 4.78 is 26.4. The Morgan fingerprint density at radius 1 is 1.41 bits per heavy atom. The third kappa shape index (κ3) is 3.17. The molecule has 1 aromatic heterocycles. The molecular formula is C12H19F2N3. The Balaban J connectivity index is 2.08. The van der Waals surface area contributed by atoms with Crippen LogP contribution in [-0.2, 0) is 0 Å². The highest BCUT2D eigenvalue weighted by Crippen LogP contribution is 2.30. The third-order valence-electron chi connectivity index (χ3n) is 3.24. The van der Waals surface area contributed by atoms with Crippen LogP contribution in [0.2, 0.25) is 0 Å². The molecule has 1 fully saturated rings. The van der Waals surface area contributed by atoms with Crippen molar-refractivity contribution in [3.05, 3.63) is 11.9 Å². The van der Waals surface area contributed by atoms with Crippen LogP contribution in [0.1, 0.15) is 43.8 Å². The fraction of sp³-hybridized carbons (Fsp3) is 0.750. The van der Waals surface area contributed by atoms with Crippen LogP contribution in [0.25, 0.3) is 0 Å². The number of hydrogen-bond acceptors (Lipinski definition) is 2. The van der Waals surface area contributed by atoms with Gasteiger partial charge in [0.05, 0.1) is 12.2 Å². The van der Waals surface area contributed by atoms with E-state index in [2.05, 4.69) is 10.3 Å². The molecule has 0 bridgehead atoms. The summed E-state index contributed by atoms with van der Waals surface area (Å²) in [6, 6.07) is 0.421. The standard InChI is InChI=1S/C12H19F2N3/c1-9-8-17(10-5-3-2-4-6-10)12(16-9)15-7-11(13)14/h8,10-11H,2-7H2,1H3,(H,15,16). The van der Waals surface area contributed by atoms with Gasteiger partial charge in [-0.3, -0.25) is 0 Å². The third-order valence-corrected chi connectivity index (χ3v) is 3.24. The van der Waals surface area contributed by atoms with E-state index >= 15 is 0 Å². The number of alkyl halides is 2. The van der Waals surface area contributed by atoms with Crippen LogP contribution in [0.15, 0.2) is 6.20 Å². The number of aromatic nitrogens is 2. The molecule has 0 aromatic carbocycles. The molecule has 0 spiro atoms. The molecular weight excluding hydrogens is 224 g/mol. The number of aryl methyl sites for hydroxylation is 1. The Labute approximate surface area is 100 Å². The first-order chi connectivity index (χ1) is 8.16. The Bertz CT molecular complexity index is 357. The Morgan fingerprint density at radius 3 is 2.76 bits per heavy atom. The quantitative estimate of drug-likeness (QED) is 0.878. The zero-order valence-electron chi connectivity index (χ0n) is 10.1. The van der Waals surface area contributed by atoms with E-state index in [4.69, 9.17) is 0 Å². The summed E-state index contributed by atoms with van der Waals surface area (Å²) in [5.41, 5.74) is 0.882. The van der Waals surface area contributed by atoms with Gasteiger partial charge in [-0.1, -0.05) is 19.3 Å². The summed E-state index contributed by atoms with van der Waals surface area (Å²) >= 11 is 0. The van der Waals surface area contributed by atoms with Crippen molar-refractivity contribution in [2.45, 2.75) is 51.5 Å². The van der Waals surface area contributed by atoms with Gasteiger partial charge in [0.25, 0.3) is 6.43 Å². The van der Waals surface area contributed by atoms with Crippen LogP contribution in [-0.4, -0.2) is 22.5 Å². The minimum atomic E-state index is -2.34. The van der Waals surface area contributed by atoms with E-state index in [-0.39, 0.29) is 6.54 Å². The highest BCUT2D eigenvalue weighted by Gasteiger charge is 2.19. The van der Waals surface area contributed by atoms with E-state index in [0.717, 1.165) is 18.5 Å². The average molecular weight is 243 g/mol. The lowest BCUT2D eigenvalue weighted by Gasteiger charge is -2.24. The van der Waals surface area contributed by atoms with Gasteiger partial charge in [-0.2, -0.15) is 0 Å². The van der Waals surface area contributed by atoms with Gasteiger partial charge in [0.15, 0.2) is 0 Å². The lowest BCUT2D eigenvalue weighted by atomic mass is 9.95. The SMILES string of the molecule is Cc1cn(C2CCCCC2)c(NCC(F)F)n1. The molecule has 1 saturated carbocycles. The number of hydrogen-bond donors (Lipinski definition) is 1. The van der Waals surface area contributed by atoms with Crippen LogP contribution < -0.4 is 5.32 Å². The second kappa shape index (κ2) is 5.47. The molecule has 0 atom stereocenters. The maximum absolute atomic E-state index is 12.2. The lowest BCUT2D eigenvalue weighted by Crippen LogP contribution is -2.18. The molecule has 96 valence electrons. The second-order valence-electron chi connectivity index (χ2n) is 4.68. The topological polar surface area (TPSA) is 29.9 Å². The lowest BCUT2D eigenvalue weighted by molar-refractivity contribution is 0.163. The molecule has 0 radical (unpaired) electrons. The molecule has 1 aliphatic carbocycles. The number of imidazole rings is 1. The second-order valence-corrected chi connectivity index (χ2v) is 4.68. The van der Waals surface area contributed by atoms with Gasteiger partial charge in [0, 0.05) is 12.2 Å². The molecule has 1 aliphatic rings. The number of anilines is 1. The van der Waals surface area contributed by atoms with E-state index < -0.39 is 6.43 Å². The molecule has 3 nitrogen and oxygen atoms in total. The van der Waals surface area contributed by atoms with Crippen LogP contribution in [0, 0.1) is 6.92 Å². The van der Waals surface area contributed by atoms with Gasteiger partial charge < -0.3 is 9.88 Å². The molecule has 0 unspecified atom stereocenters. The van der Waals surface area contributed by atoms with Crippen molar-refractivity contribution < 1.29 is 8.78 Å². The molecule has 0 amide bonds. The van der Waals surface area contributed by atoms with Crippen molar-refractivity contribution in [1.82, 2.24) is 9.55 Å². The monoisotopic (exact) mass is 243 g/mol. The highest BCUT2D eigenvalue weighted by atomic mass is 19.3. The number of nitrogens with one attached hydrogen (secondary N) is 1. The molecule has 1 heterocycles. The predicted octanol–water partition coefficient (Wildman–Crippen LogP) is 3.37. The number of rotatable bonds is 4. The first kappa shape index (κ1) is 12.3. The van der Waals surface area contributed by atoms with Gasteiger partial charge in [-0.25, -0.2) is 13.8 Å². The molecule has 2 rings (SSSR count). The maximum atomic E-state index is 12.2. The Morgan fingerprint density at radius 2 is 2.12 bits per heavy atom. The molecule has 1 N–H and O–H groups in total. The molecule has 5 heteroatoms. The molecule has 0 saturated heterocycles. The predicted molar refractivity (Wildman–Crippen MR) is 63.6 cm³/mol. The van der Waals surface area contributed by atoms with E-state index in [0.29, 0.717) is 12.0 Å². The van der Waals surface area contributed by atoms with E-state index in [1.54, 1.807) is 0 Å². The van der Waals surface area contributed by atoms with Crippen LogP contribution in [0.3, 0.4) is 0 Å². The van der Waals surface area contributed by atoms with Crippen LogP contribution in [0.5, 0.6) is 0 Å². The normalized spacial score (nSPS) is 17.6. The number of nitrogens with zero attached hydrogens (tertiary/aromatic N) is 2. The number of halogens is 2. The average Bonchev–Trinajstić information content (AvgIpc) is 2.69.